The van der Waals surface area contributed by atoms with E-state index in [1.807, 2.05) is 97.1 Å². The molecule has 8 aromatic carbocycles. The summed E-state index contributed by atoms with van der Waals surface area (Å²) in [6, 6.07) is 63.8. The van der Waals surface area contributed by atoms with Gasteiger partial charge in [0.15, 0.2) is 0 Å². The van der Waals surface area contributed by atoms with Gasteiger partial charge in [0.2, 0.25) is 0 Å². The number of carbonyl (C=O) groups is 4. The quantitative estimate of drug-likeness (QED) is 0.00954. The molecular weight excluding hydrogens is 1270 g/mol. The molecule has 2 saturated carbocycles. The van der Waals surface area contributed by atoms with Gasteiger partial charge in [-0.2, -0.15) is 5.10 Å². The summed E-state index contributed by atoms with van der Waals surface area (Å²) in [5, 5.41) is 15.9. The Hall–Kier alpha value is -10.3. The molecule has 0 radical (unpaired) electrons. The molecular formula is C88H96N4O10. The molecule has 528 valence electrons. The van der Waals surface area contributed by atoms with Crippen molar-refractivity contribution in [3.63, 3.8) is 0 Å². The summed E-state index contributed by atoms with van der Waals surface area (Å²) >= 11 is 0. The second-order valence-electron chi connectivity index (χ2n) is 27.1. The van der Waals surface area contributed by atoms with Crippen LogP contribution in [-0.2, 0) is 58.8 Å². The molecule has 0 atom stereocenters. The van der Waals surface area contributed by atoms with E-state index in [9.17, 15) is 19.2 Å². The monoisotopic (exact) mass is 1370 g/mol. The van der Waals surface area contributed by atoms with Crippen LogP contribution in [0.25, 0.3) is 44.1 Å². The molecule has 14 heteroatoms. The Morgan fingerprint density at radius 3 is 1.36 bits per heavy atom. The van der Waals surface area contributed by atoms with Gasteiger partial charge in [-0.25, -0.2) is 19.2 Å². The van der Waals surface area contributed by atoms with Gasteiger partial charge in [-0.05, 0) is 201 Å². The molecule has 1 heterocycles. The summed E-state index contributed by atoms with van der Waals surface area (Å²) in [6.07, 6.45) is 24.5. The lowest BCUT2D eigenvalue weighted by Crippen LogP contribution is -2.37. The van der Waals surface area contributed by atoms with Crippen LogP contribution in [0.5, 0.6) is 11.5 Å². The fraction of sp³-hybridized carbons (Fsp3) is 0.341. The number of carbonyl (C=O) groups excluding carboxylic acids is 4. The molecule has 0 aliphatic heterocycles. The summed E-state index contributed by atoms with van der Waals surface area (Å²) < 4.78 is 36.2. The van der Waals surface area contributed by atoms with Crippen LogP contribution in [0.3, 0.4) is 0 Å². The van der Waals surface area contributed by atoms with Crippen LogP contribution in [0.15, 0.2) is 218 Å². The van der Waals surface area contributed by atoms with Crippen LogP contribution in [0.2, 0.25) is 0 Å². The van der Waals surface area contributed by atoms with Crippen molar-refractivity contribution in [3.05, 3.63) is 247 Å². The van der Waals surface area contributed by atoms with Gasteiger partial charge < -0.3 is 38.4 Å². The third kappa shape index (κ3) is 19.4. The van der Waals surface area contributed by atoms with Gasteiger partial charge in [0.05, 0.1) is 43.2 Å². The first-order valence-electron chi connectivity index (χ1n) is 36.6. The molecule has 0 amide bonds. The highest BCUT2D eigenvalue weighted by Gasteiger charge is 2.39. The molecule has 11 rings (SSSR count). The number of unbranched alkanes of at least 4 members (excludes halogenated alkanes) is 7. The topological polar surface area (TPSA) is 177 Å². The van der Waals surface area contributed by atoms with Crippen molar-refractivity contribution in [3.8, 4) is 33.8 Å². The van der Waals surface area contributed by atoms with E-state index in [4.69, 9.17) is 38.9 Å². The number of aromatic nitrogens is 1. The molecule has 0 bridgehead atoms. The molecule has 2 aliphatic carbocycles. The van der Waals surface area contributed by atoms with E-state index in [1.54, 1.807) is 6.21 Å². The minimum Gasteiger partial charge on any atom is -0.493 e. The number of aryl methyl sites for hydroxylation is 3. The molecule has 0 spiro atoms. The SMILES string of the molecule is C=CC(=O)OCCCOc1ccc(-c2ccc(C(=O)OC3CCC(C=N)(c4ccc(CCCCCCCCCCc5ccc(C6(/C=N/Nc7ccc8c(c7)c7ccccc7n8CC)CCC(OC(=O)c7ccc(-c8ccc(OCCCOC(=O)C=C)cc8)cc7)CC6)cc5)cc4)CC3)cc2)cc1. The van der Waals surface area contributed by atoms with E-state index in [0.29, 0.717) is 62.9 Å². The van der Waals surface area contributed by atoms with Gasteiger partial charge in [-0.15, -0.1) is 0 Å². The zero-order valence-electron chi connectivity index (χ0n) is 58.9. The molecule has 2 fully saturated rings. The number of esters is 4. The predicted octanol–water partition coefficient (Wildman–Crippen LogP) is 19.9. The van der Waals surface area contributed by atoms with Gasteiger partial charge in [0.1, 0.15) is 23.7 Å². The van der Waals surface area contributed by atoms with E-state index in [1.165, 1.54) is 82.6 Å². The van der Waals surface area contributed by atoms with Gasteiger partial charge in [-0.1, -0.05) is 167 Å². The Kier molecular flexibility index (Phi) is 26.0. The molecule has 9 aromatic rings. The number of fused-ring (bicyclic) bond motifs is 3. The summed E-state index contributed by atoms with van der Waals surface area (Å²) in [4.78, 5) is 49.4. The number of rotatable bonds is 36. The number of para-hydroxylation sites is 1. The number of ether oxygens (including phenoxy) is 6. The average Bonchev–Trinajstić information content (AvgIpc) is 1.59. The van der Waals surface area contributed by atoms with Crippen LogP contribution in [0.4, 0.5) is 5.69 Å². The number of anilines is 1. The minimum atomic E-state index is -0.443. The van der Waals surface area contributed by atoms with E-state index >= 15 is 0 Å². The number of hydrazone groups is 1. The van der Waals surface area contributed by atoms with Crippen molar-refractivity contribution in [1.82, 2.24) is 4.57 Å². The number of hydrogen-bond acceptors (Lipinski definition) is 13. The lowest BCUT2D eigenvalue weighted by molar-refractivity contribution is -0.138. The van der Waals surface area contributed by atoms with Crippen LogP contribution in [0.1, 0.15) is 165 Å². The molecule has 1 aromatic heterocycles. The van der Waals surface area contributed by atoms with Crippen molar-refractivity contribution in [2.75, 3.05) is 31.9 Å². The number of nitrogens with one attached hydrogen (secondary N) is 2. The fourth-order valence-corrected chi connectivity index (χ4v) is 14.4. The Bertz CT molecular complexity index is 4280. The maximum absolute atomic E-state index is 13.7. The van der Waals surface area contributed by atoms with E-state index < -0.39 is 11.9 Å². The maximum atomic E-state index is 13.7. The Labute approximate surface area is 600 Å². The lowest BCUT2D eigenvalue weighted by Gasteiger charge is -2.37. The highest BCUT2D eigenvalue weighted by Crippen LogP contribution is 2.42. The first kappa shape index (κ1) is 72.9. The van der Waals surface area contributed by atoms with Crippen LogP contribution >= 0.6 is 0 Å². The standard InChI is InChI=1S/C88H96N4O10/c1-4-83(93)99-59-17-57-97-75-44-35-68(36-45-75)66-27-31-70(32-28-66)85(95)101-77-49-53-87(62-89,54-50-77)72-39-23-64(24-40-72)19-13-11-9-7-8-10-12-14-20-65-25-41-73(42-26-65)88(63-90-91-74-43-48-82-80(61-74)79-21-15-16-22-81(79)92(82)6-3)55-51-78(52-56-88)102-86(96)71-33-29-67(30-34-71)69-37-46-76(47-38-69)98-58-18-60-100-84(94)5-2/h4-5,15-16,21-48,61-63,77-78,89,91H,1-2,6-14,17-20,49-60H2,3H3/b89-62?,90-63+. The normalized spacial score (nSPS) is 17.3. The second-order valence-corrected chi connectivity index (χ2v) is 27.1. The minimum absolute atomic E-state index is 0.191. The Morgan fingerprint density at radius 2 is 0.912 bits per heavy atom. The fourth-order valence-electron chi connectivity index (χ4n) is 14.4. The van der Waals surface area contributed by atoms with Crippen molar-refractivity contribution in [1.29, 1.82) is 5.41 Å². The smallest absolute Gasteiger partial charge is 0.338 e. The first-order valence-corrected chi connectivity index (χ1v) is 36.6. The Morgan fingerprint density at radius 1 is 0.490 bits per heavy atom. The zero-order chi connectivity index (χ0) is 70.9. The third-order valence-electron chi connectivity index (χ3n) is 20.4. The van der Waals surface area contributed by atoms with Crippen molar-refractivity contribution < 1.29 is 47.6 Å². The molecule has 0 unspecified atom stereocenters. The summed E-state index contributed by atoms with van der Waals surface area (Å²) in [5.41, 5.74) is 16.1. The predicted molar refractivity (Wildman–Crippen MR) is 408 cm³/mol. The summed E-state index contributed by atoms with van der Waals surface area (Å²) in [5.74, 6) is -0.0838. The van der Waals surface area contributed by atoms with Crippen LogP contribution in [-0.4, -0.2) is 79.5 Å². The van der Waals surface area contributed by atoms with Gasteiger partial charge in [0, 0.05) is 76.6 Å². The van der Waals surface area contributed by atoms with E-state index in [-0.39, 0.29) is 48.2 Å². The summed E-state index contributed by atoms with van der Waals surface area (Å²) in [7, 11) is 0. The van der Waals surface area contributed by atoms with Crippen molar-refractivity contribution in [2.24, 2.45) is 5.10 Å². The maximum Gasteiger partial charge on any atom is 0.338 e. The largest absolute Gasteiger partial charge is 0.493 e. The lowest BCUT2D eigenvalue weighted by atomic mass is 9.69. The molecule has 14 nitrogen and oxygen atoms in total. The average molecular weight is 1370 g/mol. The van der Waals surface area contributed by atoms with E-state index in [0.717, 1.165) is 110 Å². The highest BCUT2D eigenvalue weighted by atomic mass is 16.6. The molecule has 102 heavy (non-hydrogen) atoms. The van der Waals surface area contributed by atoms with Crippen LogP contribution < -0.4 is 14.9 Å². The number of hydrogen-bond donors (Lipinski definition) is 2. The Balaban J connectivity index is 0.593. The van der Waals surface area contributed by atoms with Gasteiger partial charge >= 0.3 is 23.9 Å². The number of benzene rings is 8. The van der Waals surface area contributed by atoms with Gasteiger partial charge in [-0.3, -0.25) is 5.43 Å². The van der Waals surface area contributed by atoms with Crippen LogP contribution in [0, 0.1) is 5.41 Å². The van der Waals surface area contributed by atoms with Crippen molar-refractivity contribution in [2.45, 2.75) is 165 Å². The number of nitrogens with zero attached hydrogens (tertiary/aromatic N) is 2. The zero-order valence-corrected chi connectivity index (χ0v) is 58.9. The summed E-state index contributed by atoms with van der Waals surface area (Å²) in [6.45, 7) is 11.3. The third-order valence-corrected chi connectivity index (χ3v) is 20.4. The highest BCUT2D eigenvalue weighted by molar-refractivity contribution is 6.09. The second kappa shape index (κ2) is 36.3. The molecule has 2 N–H and O–H groups in total. The van der Waals surface area contributed by atoms with E-state index in [2.05, 4.69) is 127 Å². The van der Waals surface area contributed by atoms with Crippen molar-refractivity contribution >= 4 is 63.8 Å². The molecule has 0 saturated heterocycles. The molecule has 2 aliphatic rings. The first-order chi connectivity index (χ1) is 49.9. The van der Waals surface area contributed by atoms with Gasteiger partial charge in [0.25, 0.3) is 0 Å².